The predicted octanol–water partition coefficient (Wildman–Crippen LogP) is 7.81. The van der Waals surface area contributed by atoms with Crippen molar-refractivity contribution in [3.8, 4) is 0 Å². The molecule has 0 aromatic carbocycles. The van der Waals surface area contributed by atoms with Crippen molar-refractivity contribution >= 4 is 0 Å². The number of unbranched alkanes of at least 4 members (excludes halogenated alkanes) is 15. The van der Waals surface area contributed by atoms with E-state index in [0.29, 0.717) is 6.17 Å². The molecule has 1 aliphatic rings. The van der Waals surface area contributed by atoms with Crippen LogP contribution in [0.5, 0.6) is 0 Å². The number of nitrogens with zero attached hydrogens (tertiary/aromatic N) is 1. The van der Waals surface area contributed by atoms with Gasteiger partial charge in [-0.25, -0.2) is 0 Å². The summed E-state index contributed by atoms with van der Waals surface area (Å²) < 4.78 is 0.888. The van der Waals surface area contributed by atoms with Gasteiger partial charge in [0.05, 0.1) is 19.4 Å². The van der Waals surface area contributed by atoms with Crippen LogP contribution in [-0.2, 0) is 0 Å². The van der Waals surface area contributed by atoms with Crippen LogP contribution < -0.4 is 5.32 Å². The van der Waals surface area contributed by atoms with Gasteiger partial charge in [0.2, 0.25) is 0 Å². The van der Waals surface area contributed by atoms with Crippen molar-refractivity contribution in [2.45, 2.75) is 136 Å². The lowest BCUT2D eigenvalue weighted by Gasteiger charge is -2.36. The van der Waals surface area contributed by atoms with Crippen LogP contribution >= 0.6 is 0 Å². The molecule has 1 aliphatic heterocycles. The van der Waals surface area contributed by atoms with Crippen molar-refractivity contribution in [3.63, 3.8) is 0 Å². The second kappa shape index (κ2) is 19.9. The Morgan fingerprint density at radius 1 is 0.742 bits per heavy atom. The highest BCUT2D eigenvalue weighted by Crippen LogP contribution is 2.22. The minimum atomic E-state index is 0.259. The van der Waals surface area contributed by atoms with Crippen LogP contribution in [0.3, 0.4) is 0 Å². The quantitative estimate of drug-likeness (QED) is 0.103. The van der Waals surface area contributed by atoms with Gasteiger partial charge in [0.15, 0.2) is 6.17 Å². The van der Waals surface area contributed by atoms with Crippen LogP contribution in [0.25, 0.3) is 0 Å². The molecule has 0 aromatic heterocycles. The van der Waals surface area contributed by atoms with E-state index in [1.807, 2.05) is 0 Å². The molecule has 0 saturated heterocycles. The number of nitrogens with one attached hydrogen (secondary N) is 1. The van der Waals surface area contributed by atoms with Gasteiger partial charge in [-0.15, -0.1) is 0 Å². The van der Waals surface area contributed by atoms with Gasteiger partial charge < -0.3 is 10.4 Å². The van der Waals surface area contributed by atoms with Crippen molar-refractivity contribution in [3.05, 3.63) is 24.6 Å². The number of hydrogen-bond donors (Lipinski definition) is 2. The van der Waals surface area contributed by atoms with E-state index in [2.05, 4.69) is 43.7 Å². The lowest BCUT2D eigenvalue weighted by atomic mass is 10.0. The molecular formula is C28H55N2O+. The molecule has 2 unspecified atom stereocenters. The summed E-state index contributed by atoms with van der Waals surface area (Å²) in [6.45, 7) is 6.64. The van der Waals surface area contributed by atoms with Gasteiger partial charge >= 0.3 is 0 Å². The fourth-order valence-corrected chi connectivity index (χ4v) is 4.92. The Balaban J connectivity index is 1.85. The summed E-state index contributed by atoms with van der Waals surface area (Å²) in [6.07, 6.45) is 34.4. The van der Waals surface area contributed by atoms with Crippen molar-refractivity contribution in [1.29, 1.82) is 0 Å². The number of allylic oxidation sites excluding steroid dienone is 2. The maximum atomic E-state index is 9.39. The maximum Gasteiger partial charge on any atom is 0.166 e. The summed E-state index contributed by atoms with van der Waals surface area (Å²) in [5.74, 6) is 0. The van der Waals surface area contributed by atoms with Gasteiger partial charge in [-0.1, -0.05) is 103 Å². The third kappa shape index (κ3) is 13.4. The lowest BCUT2D eigenvalue weighted by molar-refractivity contribution is -0.900. The van der Waals surface area contributed by atoms with Gasteiger partial charge in [0, 0.05) is 6.42 Å². The molecule has 2 atom stereocenters. The Morgan fingerprint density at radius 3 is 1.77 bits per heavy atom. The first-order valence-corrected chi connectivity index (χ1v) is 13.8. The van der Waals surface area contributed by atoms with Crippen LogP contribution in [0.15, 0.2) is 24.6 Å². The Hall–Kier alpha value is -0.800. The molecule has 3 heteroatoms. The fraction of sp³-hybridized carbons (Fsp3) is 0.857. The van der Waals surface area contributed by atoms with Crippen molar-refractivity contribution in [2.24, 2.45) is 0 Å². The van der Waals surface area contributed by atoms with Crippen LogP contribution in [0.2, 0.25) is 0 Å². The zero-order chi connectivity index (χ0) is 22.5. The van der Waals surface area contributed by atoms with E-state index in [-0.39, 0.29) is 6.61 Å². The number of rotatable bonds is 22. The molecule has 0 aromatic rings. The van der Waals surface area contributed by atoms with Crippen LogP contribution in [0, 0.1) is 0 Å². The zero-order valence-electron chi connectivity index (χ0n) is 21.1. The van der Waals surface area contributed by atoms with Gasteiger partial charge in [-0.3, -0.25) is 4.48 Å². The second-order valence-electron chi connectivity index (χ2n) is 9.65. The average Bonchev–Trinajstić information content (AvgIpc) is 3.18. The first-order valence-electron chi connectivity index (χ1n) is 13.8. The van der Waals surface area contributed by atoms with Gasteiger partial charge in [-0.05, 0) is 32.6 Å². The minimum Gasteiger partial charge on any atom is -0.390 e. The molecule has 1 rings (SSSR count). The molecule has 0 saturated carbocycles. The van der Waals surface area contributed by atoms with Crippen LogP contribution in [0.1, 0.15) is 129 Å². The molecule has 1 heterocycles. The number of aliphatic hydroxyl groups excluding tert-OH is 1. The second-order valence-corrected chi connectivity index (χ2v) is 9.65. The molecule has 0 aliphatic carbocycles. The highest BCUT2D eigenvalue weighted by atomic mass is 16.3. The van der Waals surface area contributed by atoms with Gasteiger partial charge in [-0.2, -0.15) is 0 Å². The van der Waals surface area contributed by atoms with Crippen LogP contribution in [-0.4, -0.2) is 35.5 Å². The van der Waals surface area contributed by atoms with E-state index in [9.17, 15) is 5.11 Å². The van der Waals surface area contributed by atoms with E-state index in [1.54, 1.807) is 0 Å². The maximum absolute atomic E-state index is 9.39. The van der Waals surface area contributed by atoms with Gasteiger partial charge in [0.1, 0.15) is 12.7 Å². The summed E-state index contributed by atoms with van der Waals surface area (Å²) in [7, 11) is 0. The molecule has 0 spiro atoms. The Bertz CT molecular complexity index is 448. The summed E-state index contributed by atoms with van der Waals surface area (Å²) in [5.41, 5.74) is 0. The van der Waals surface area contributed by atoms with Crippen molar-refractivity contribution in [2.75, 3.05) is 19.7 Å². The number of quaternary nitrogens is 1. The first-order chi connectivity index (χ1) is 15.3. The largest absolute Gasteiger partial charge is 0.390 e. The van der Waals surface area contributed by atoms with Crippen molar-refractivity contribution < 1.29 is 9.59 Å². The average molecular weight is 436 g/mol. The van der Waals surface area contributed by atoms with E-state index >= 15 is 0 Å². The van der Waals surface area contributed by atoms with Crippen LogP contribution in [0.4, 0.5) is 0 Å². The first kappa shape index (κ1) is 28.2. The number of likely N-dealkylation sites (N-methyl/N-ethyl adjacent to an activating group) is 1. The number of aliphatic hydroxyl groups is 1. The summed E-state index contributed by atoms with van der Waals surface area (Å²) >= 11 is 0. The third-order valence-corrected chi connectivity index (χ3v) is 7.13. The SMILES string of the molecule is CCCCCCCCCCCCCCCC/C=C/CCCC1NC=C[N+]1(CC)CCO. The highest BCUT2D eigenvalue weighted by molar-refractivity contribution is 4.86. The molecular weight excluding hydrogens is 380 g/mol. The predicted molar refractivity (Wildman–Crippen MR) is 137 cm³/mol. The summed E-state index contributed by atoms with van der Waals surface area (Å²) in [5, 5.41) is 12.9. The summed E-state index contributed by atoms with van der Waals surface area (Å²) in [4.78, 5) is 0. The topological polar surface area (TPSA) is 32.3 Å². The normalized spacial score (nSPS) is 20.7. The summed E-state index contributed by atoms with van der Waals surface area (Å²) in [6, 6.07) is 0. The van der Waals surface area contributed by atoms with E-state index < -0.39 is 0 Å². The molecule has 31 heavy (non-hydrogen) atoms. The Morgan fingerprint density at radius 2 is 1.26 bits per heavy atom. The molecule has 3 nitrogen and oxygen atoms in total. The van der Waals surface area contributed by atoms with E-state index in [4.69, 9.17) is 0 Å². The van der Waals surface area contributed by atoms with Crippen molar-refractivity contribution in [1.82, 2.24) is 5.32 Å². The van der Waals surface area contributed by atoms with E-state index in [0.717, 1.165) is 17.6 Å². The number of hydrogen-bond acceptors (Lipinski definition) is 2. The molecule has 0 fully saturated rings. The Kier molecular flexibility index (Phi) is 18.1. The standard InChI is InChI=1S/C28H55N2O/c1-3-5-6-7-8-9-10-11-12-13-14-15-16-17-18-19-20-21-22-23-28-29-24-25-30(28,4-2)26-27-31/h19-20,24-25,28-29,31H,3-18,21-23,26-27H2,1-2H3/q+1/b20-19+. The van der Waals surface area contributed by atoms with E-state index in [1.165, 1.54) is 116 Å². The monoisotopic (exact) mass is 435 g/mol. The van der Waals surface area contributed by atoms with Gasteiger partial charge in [0.25, 0.3) is 0 Å². The lowest BCUT2D eigenvalue weighted by Crippen LogP contribution is -2.54. The third-order valence-electron chi connectivity index (χ3n) is 7.13. The molecule has 2 N–H and O–H groups in total. The molecule has 182 valence electrons. The smallest absolute Gasteiger partial charge is 0.166 e. The molecule has 0 radical (unpaired) electrons. The Labute approximate surface area is 195 Å². The minimum absolute atomic E-state index is 0.259. The molecule has 0 amide bonds. The zero-order valence-corrected chi connectivity index (χ0v) is 21.1. The molecule has 0 bridgehead atoms. The fourth-order valence-electron chi connectivity index (χ4n) is 4.92. The highest BCUT2D eigenvalue weighted by Gasteiger charge is 2.35.